The van der Waals surface area contributed by atoms with Crippen LogP contribution >= 0.6 is 0 Å². The van der Waals surface area contributed by atoms with Crippen LogP contribution in [0.1, 0.15) is 73.0 Å². The second-order valence-corrected chi connectivity index (χ2v) is 14.6. The number of fused-ring (bicyclic) bond motifs is 2. The van der Waals surface area contributed by atoms with Gasteiger partial charge in [0.05, 0.1) is 24.5 Å². The van der Waals surface area contributed by atoms with Crippen LogP contribution in [0.25, 0.3) is 5.65 Å². The highest BCUT2D eigenvalue weighted by Gasteiger charge is 2.47. The van der Waals surface area contributed by atoms with Crippen molar-refractivity contribution in [3.05, 3.63) is 47.3 Å². The summed E-state index contributed by atoms with van der Waals surface area (Å²) >= 11 is 0. The molecule has 1 amide bonds. The zero-order valence-electron chi connectivity index (χ0n) is 27.1. The summed E-state index contributed by atoms with van der Waals surface area (Å²) in [5.41, 5.74) is 4.89. The number of aromatic nitrogens is 3. The van der Waals surface area contributed by atoms with Gasteiger partial charge in [-0.1, -0.05) is 12.1 Å². The Bertz CT molecular complexity index is 1640. The minimum absolute atomic E-state index is 0.137. The number of anilines is 3. The van der Waals surface area contributed by atoms with E-state index in [4.69, 9.17) is 5.10 Å². The Morgan fingerprint density at radius 1 is 1.11 bits per heavy atom. The topological polar surface area (TPSA) is 89.8 Å². The maximum Gasteiger partial charge on any atom is 0.271 e. The minimum atomic E-state index is -2.74. The van der Waals surface area contributed by atoms with E-state index in [1.54, 1.807) is 7.05 Å². The highest BCUT2D eigenvalue weighted by atomic mass is 19.3. The van der Waals surface area contributed by atoms with Gasteiger partial charge < -0.3 is 20.9 Å². The number of carbonyl (C=O) groups excluding carboxylic acids is 1. The molecule has 0 radical (unpaired) electrons. The lowest BCUT2D eigenvalue weighted by molar-refractivity contribution is -0.124. The Kier molecular flexibility index (Phi) is 7.86. The molecule has 5 aliphatic rings. The fourth-order valence-electron chi connectivity index (χ4n) is 8.80. The highest BCUT2D eigenvalue weighted by molar-refractivity contribution is 5.94. The molecule has 2 saturated carbocycles. The molecule has 252 valence electrons. The molecule has 9 nitrogen and oxygen atoms in total. The van der Waals surface area contributed by atoms with Gasteiger partial charge in [0, 0.05) is 43.7 Å². The second kappa shape index (κ2) is 11.9. The zero-order valence-corrected chi connectivity index (χ0v) is 27.1. The summed E-state index contributed by atoms with van der Waals surface area (Å²) in [5, 5.41) is 14.1. The van der Waals surface area contributed by atoms with E-state index in [9.17, 15) is 9.18 Å². The zero-order chi connectivity index (χ0) is 32.3. The van der Waals surface area contributed by atoms with Gasteiger partial charge >= 0.3 is 0 Å². The van der Waals surface area contributed by atoms with Crippen LogP contribution in [0, 0.1) is 11.3 Å². The SMILES string of the molecule is CNc1cc(N2CCc3c(CC4CCN(C5CCC6(CCNCC6)CC5)CC4(F)F)cccc32)nn2c(C(=O)N[C@@H]3C[C@@H]3F)cnc12. The maximum atomic E-state index is 15.9. The molecule has 47 heavy (non-hydrogen) atoms. The van der Waals surface area contributed by atoms with E-state index in [0.717, 1.165) is 55.7 Å². The number of carbonyl (C=O) groups is 1. The number of piperidine rings is 2. The Hall–Kier alpha value is -3.38. The molecule has 4 fully saturated rings. The number of nitrogens with one attached hydrogen (secondary N) is 3. The van der Waals surface area contributed by atoms with Gasteiger partial charge in [0.25, 0.3) is 11.8 Å². The third-order valence-electron chi connectivity index (χ3n) is 11.8. The lowest BCUT2D eigenvalue weighted by Gasteiger charge is -2.48. The largest absolute Gasteiger partial charge is 0.385 e. The van der Waals surface area contributed by atoms with E-state index in [-0.39, 0.29) is 18.3 Å². The molecule has 0 bridgehead atoms. The number of amides is 1. The summed E-state index contributed by atoms with van der Waals surface area (Å²) < 4.78 is 46.7. The molecule has 1 unspecified atom stereocenters. The Morgan fingerprint density at radius 2 is 1.89 bits per heavy atom. The van der Waals surface area contributed by atoms with Gasteiger partial charge in [0.15, 0.2) is 17.2 Å². The monoisotopic (exact) mass is 650 g/mol. The highest BCUT2D eigenvalue weighted by Crippen LogP contribution is 2.46. The third kappa shape index (κ3) is 5.75. The van der Waals surface area contributed by atoms with Crippen LogP contribution in [0.2, 0.25) is 0 Å². The molecule has 1 aromatic carbocycles. The summed E-state index contributed by atoms with van der Waals surface area (Å²) in [7, 11) is 1.78. The number of rotatable bonds is 7. The molecule has 12 heteroatoms. The third-order valence-corrected chi connectivity index (χ3v) is 11.8. The summed E-state index contributed by atoms with van der Waals surface area (Å²) in [5.74, 6) is -3.22. The van der Waals surface area contributed by atoms with Crippen LogP contribution in [-0.2, 0) is 12.8 Å². The minimum Gasteiger partial charge on any atom is -0.385 e. The van der Waals surface area contributed by atoms with Crippen LogP contribution in [0.5, 0.6) is 0 Å². The van der Waals surface area contributed by atoms with E-state index in [1.165, 1.54) is 36.4 Å². The van der Waals surface area contributed by atoms with Crippen molar-refractivity contribution >= 4 is 28.7 Å². The molecule has 2 aliphatic carbocycles. The predicted octanol–water partition coefficient (Wildman–Crippen LogP) is 5.12. The fraction of sp³-hybridized carbons (Fsp3) is 0.629. The average Bonchev–Trinajstić information content (AvgIpc) is 3.41. The van der Waals surface area contributed by atoms with Crippen molar-refractivity contribution in [2.24, 2.45) is 11.3 Å². The van der Waals surface area contributed by atoms with Crippen LogP contribution in [0.4, 0.5) is 30.4 Å². The molecular formula is C35H45F3N8O. The smallest absolute Gasteiger partial charge is 0.271 e. The van der Waals surface area contributed by atoms with Crippen molar-refractivity contribution in [1.29, 1.82) is 0 Å². The molecule has 2 saturated heterocycles. The van der Waals surface area contributed by atoms with Gasteiger partial charge in [-0.05, 0) is 100 Å². The van der Waals surface area contributed by atoms with Crippen LogP contribution in [0.15, 0.2) is 30.5 Å². The number of hydrogen-bond donors (Lipinski definition) is 3. The first kappa shape index (κ1) is 30.9. The summed E-state index contributed by atoms with van der Waals surface area (Å²) in [6, 6.07) is 7.68. The second-order valence-electron chi connectivity index (χ2n) is 14.6. The van der Waals surface area contributed by atoms with Gasteiger partial charge in [0.1, 0.15) is 6.17 Å². The molecule has 3 aromatic rings. The van der Waals surface area contributed by atoms with Gasteiger partial charge in [-0.25, -0.2) is 22.7 Å². The van der Waals surface area contributed by atoms with Crippen molar-refractivity contribution in [1.82, 2.24) is 30.1 Å². The number of imidazole rings is 1. The summed E-state index contributed by atoms with van der Waals surface area (Å²) in [6.45, 7) is 3.42. The number of benzene rings is 1. The molecule has 3 atom stereocenters. The number of hydrogen-bond acceptors (Lipinski definition) is 7. The first-order valence-electron chi connectivity index (χ1n) is 17.5. The lowest BCUT2D eigenvalue weighted by atomic mass is 9.67. The maximum absolute atomic E-state index is 15.9. The molecule has 8 rings (SSSR count). The molecule has 1 spiro atoms. The Balaban J connectivity index is 0.978. The lowest BCUT2D eigenvalue weighted by Crippen LogP contribution is -2.54. The van der Waals surface area contributed by atoms with Crippen LogP contribution in [0.3, 0.4) is 0 Å². The normalized spacial score (nSPS) is 27.2. The van der Waals surface area contributed by atoms with E-state index >= 15 is 8.78 Å². The van der Waals surface area contributed by atoms with Crippen LogP contribution in [-0.4, -0.2) is 89.4 Å². The van der Waals surface area contributed by atoms with E-state index in [1.807, 2.05) is 24.3 Å². The van der Waals surface area contributed by atoms with Crippen molar-refractivity contribution < 1.29 is 18.0 Å². The molecular weight excluding hydrogens is 605 g/mol. The number of halogens is 3. The van der Waals surface area contributed by atoms with E-state index < -0.39 is 30.0 Å². The van der Waals surface area contributed by atoms with Crippen LogP contribution < -0.4 is 20.9 Å². The van der Waals surface area contributed by atoms with Crippen molar-refractivity contribution in [3.63, 3.8) is 0 Å². The van der Waals surface area contributed by atoms with Crippen molar-refractivity contribution in [3.8, 4) is 0 Å². The molecule has 3 aliphatic heterocycles. The van der Waals surface area contributed by atoms with Gasteiger partial charge in [-0.2, -0.15) is 0 Å². The van der Waals surface area contributed by atoms with Crippen molar-refractivity contribution in [2.75, 3.05) is 50.0 Å². The van der Waals surface area contributed by atoms with Crippen molar-refractivity contribution in [2.45, 2.75) is 88.4 Å². The summed E-state index contributed by atoms with van der Waals surface area (Å²) in [4.78, 5) is 21.5. The summed E-state index contributed by atoms with van der Waals surface area (Å²) in [6.07, 6.45) is 9.23. The van der Waals surface area contributed by atoms with E-state index in [2.05, 4.69) is 30.7 Å². The predicted molar refractivity (Wildman–Crippen MR) is 176 cm³/mol. The number of alkyl halides is 3. The Labute approximate surface area is 273 Å². The number of nitrogens with zero attached hydrogens (tertiary/aromatic N) is 5. The molecule has 2 aromatic heterocycles. The first-order valence-corrected chi connectivity index (χ1v) is 17.5. The first-order chi connectivity index (χ1) is 22.7. The number of likely N-dealkylation sites (tertiary alicyclic amines) is 1. The average molecular weight is 651 g/mol. The Morgan fingerprint density at radius 3 is 2.62 bits per heavy atom. The molecule has 5 heterocycles. The van der Waals surface area contributed by atoms with Gasteiger partial charge in [-0.3, -0.25) is 9.69 Å². The fourth-order valence-corrected chi connectivity index (χ4v) is 8.80. The van der Waals surface area contributed by atoms with Gasteiger partial charge in [-0.15, -0.1) is 5.10 Å². The standard InChI is InChI=1S/C35H45F3N8O/c1-39-28-19-31(43-46-30(20-41-32(28)46)33(47)42-27-18-26(27)36)45-16-8-25-22(3-2-4-29(25)45)17-23-7-15-44(21-35(23,37)38)24-5-9-34(10-6-24)11-13-40-14-12-34/h2-4,19-20,23-24,26-27,39-40H,5-18,21H2,1H3,(H,42,47)/t23?,26-,27+/m0/s1. The quantitative estimate of drug-likeness (QED) is 0.327. The van der Waals surface area contributed by atoms with E-state index in [0.29, 0.717) is 48.4 Å². The molecule has 3 N–H and O–H groups in total. The van der Waals surface area contributed by atoms with Gasteiger partial charge in [0.2, 0.25) is 0 Å².